The molecule has 0 radical (unpaired) electrons. The van der Waals surface area contributed by atoms with Gasteiger partial charge in [-0.2, -0.15) is 0 Å². The van der Waals surface area contributed by atoms with Crippen LogP contribution in [0.5, 0.6) is 0 Å². The van der Waals surface area contributed by atoms with Crippen molar-refractivity contribution in [2.24, 2.45) is 16.8 Å². The number of hydrogen-bond acceptors (Lipinski definition) is 3. The van der Waals surface area contributed by atoms with E-state index in [-0.39, 0.29) is 5.84 Å². The fourth-order valence-electron chi connectivity index (χ4n) is 1.89. The molecule has 1 saturated carbocycles. The van der Waals surface area contributed by atoms with Crippen LogP contribution in [0.3, 0.4) is 0 Å². The number of benzene rings is 1. The van der Waals surface area contributed by atoms with E-state index in [0.29, 0.717) is 6.04 Å². The molecule has 1 aromatic carbocycles. The van der Waals surface area contributed by atoms with Gasteiger partial charge in [-0.1, -0.05) is 29.4 Å². The predicted octanol–water partition coefficient (Wildman–Crippen LogP) is 1.67. The summed E-state index contributed by atoms with van der Waals surface area (Å²) in [5.74, 6) is 1.02. The number of nitrogens with one attached hydrogen (secondary N) is 1. The van der Waals surface area contributed by atoms with Crippen LogP contribution >= 0.6 is 0 Å². The number of hydrogen-bond donors (Lipinski definition) is 3. The van der Waals surface area contributed by atoms with E-state index < -0.39 is 0 Å². The molecule has 0 saturated heterocycles. The zero-order valence-electron chi connectivity index (χ0n) is 10.1. The predicted molar refractivity (Wildman–Crippen MR) is 68.0 cm³/mol. The molecule has 4 heteroatoms. The Morgan fingerprint density at radius 3 is 2.65 bits per heavy atom. The van der Waals surface area contributed by atoms with Crippen LogP contribution in [0.15, 0.2) is 29.4 Å². The maximum Gasteiger partial charge on any atom is 0.170 e. The van der Waals surface area contributed by atoms with Gasteiger partial charge in [-0.25, -0.2) is 0 Å². The van der Waals surface area contributed by atoms with Crippen molar-refractivity contribution in [3.63, 3.8) is 0 Å². The zero-order chi connectivity index (χ0) is 12.3. The monoisotopic (exact) mass is 233 g/mol. The molecular weight excluding hydrogens is 214 g/mol. The summed E-state index contributed by atoms with van der Waals surface area (Å²) in [6, 6.07) is 8.33. The third-order valence-electron chi connectivity index (χ3n) is 3.31. The standard InChI is InChI=1S/C13H19N3O/c1-9(11-6-7-11)15-8-10-2-4-12(5-3-10)13(14)16-17/h2-5,9,11,15,17H,6-8H2,1H3,(H2,14,16). The van der Waals surface area contributed by atoms with Crippen molar-refractivity contribution < 1.29 is 5.21 Å². The number of rotatable bonds is 5. The number of amidine groups is 1. The van der Waals surface area contributed by atoms with E-state index in [9.17, 15) is 0 Å². The molecule has 0 amide bonds. The van der Waals surface area contributed by atoms with Gasteiger partial charge in [0.2, 0.25) is 0 Å². The number of nitrogens with two attached hydrogens (primary N) is 1. The zero-order valence-corrected chi connectivity index (χ0v) is 10.1. The topological polar surface area (TPSA) is 70.6 Å². The minimum absolute atomic E-state index is 0.149. The summed E-state index contributed by atoms with van der Waals surface area (Å²) in [5, 5.41) is 15.0. The maximum absolute atomic E-state index is 8.55. The van der Waals surface area contributed by atoms with Crippen molar-refractivity contribution in [2.45, 2.75) is 32.4 Å². The molecule has 1 aliphatic carbocycles. The summed E-state index contributed by atoms with van der Waals surface area (Å²) >= 11 is 0. The molecule has 1 aromatic rings. The first kappa shape index (κ1) is 11.9. The molecule has 1 fully saturated rings. The van der Waals surface area contributed by atoms with Crippen LogP contribution in [0.4, 0.5) is 0 Å². The smallest absolute Gasteiger partial charge is 0.170 e. The first-order valence-electron chi connectivity index (χ1n) is 6.01. The SMILES string of the molecule is CC(NCc1ccc(/C(N)=N/O)cc1)C1CC1. The van der Waals surface area contributed by atoms with Crippen molar-refractivity contribution in [3.05, 3.63) is 35.4 Å². The Bertz CT molecular complexity index is 396. The Morgan fingerprint density at radius 2 is 2.12 bits per heavy atom. The second-order valence-corrected chi connectivity index (χ2v) is 4.69. The van der Waals surface area contributed by atoms with Gasteiger partial charge >= 0.3 is 0 Å². The van der Waals surface area contributed by atoms with Crippen LogP contribution in [0, 0.1) is 5.92 Å². The Kier molecular flexibility index (Phi) is 3.64. The van der Waals surface area contributed by atoms with Crippen molar-refractivity contribution >= 4 is 5.84 Å². The normalized spacial score (nSPS) is 18.1. The van der Waals surface area contributed by atoms with Gasteiger partial charge in [0.05, 0.1) is 0 Å². The lowest BCUT2D eigenvalue weighted by Crippen LogP contribution is -2.27. The highest BCUT2D eigenvalue weighted by Crippen LogP contribution is 2.32. The van der Waals surface area contributed by atoms with Crippen LogP contribution < -0.4 is 11.1 Å². The van der Waals surface area contributed by atoms with Gasteiger partial charge in [0.1, 0.15) is 0 Å². The molecule has 1 aliphatic rings. The van der Waals surface area contributed by atoms with Crippen molar-refractivity contribution in [3.8, 4) is 0 Å². The Labute approximate surface area is 102 Å². The van der Waals surface area contributed by atoms with Crippen LogP contribution in [0.2, 0.25) is 0 Å². The molecule has 92 valence electrons. The summed E-state index contributed by atoms with van der Waals surface area (Å²) in [6.45, 7) is 3.11. The van der Waals surface area contributed by atoms with Gasteiger partial charge in [-0.05, 0) is 31.2 Å². The fraction of sp³-hybridized carbons (Fsp3) is 0.462. The summed E-state index contributed by atoms with van der Waals surface area (Å²) in [4.78, 5) is 0. The lowest BCUT2D eigenvalue weighted by Gasteiger charge is -2.12. The lowest BCUT2D eigenvalue weighted by atomic mass is 10.1. The summed E-state index contributed by atoms with van der Waals surface area (Å²) in [5.41, 5.74) is 7.46. The minimum Gasteiger partial charge on any atom is -0.409 e. The molecule has 1 atom stereocenters. The average Bonchev–Trinajstić information content (AvgIpc) is 3.20. The first-order valence-corrected chi connectivity index (χ1v) is 6.01. The molecule has 1 unspecified atom stereocenters. The molecule has 17 heavy (non-hydrogen) atoms. The van der Waals surface area contributed by atoms with Gasteiger partial charge in [-0.3, -0.25) is 0 Å². The van der Waals surface area contributed by atoms with Crippen molar-refractivity contribution in [1.82, 2.24) is 5.32 Å². The highest BCUT2D eigenvalue weighted by Gasteiger charge is 2.27. The number of oxime groups is 1. The van der Waals surface area contributed by atoms with Gasteiger partial charge in [0.25, 0.3) is 0 Å². The van der Waals surface area contributed by atoms with E-state index in [1.165, 1.54) is 18.4 Å². The highest BCUT2D eigenvalue weighted by molar-refractivity contribution is 5.96. The third kappa shape index (κ3) is 3.20. The van der Waals surface area contributed by atoms with Gasteiger partial charge in [-0.15, -0.1) is 0 Å². The molecule has 0 aromatic heterocycles. The van der Waals surface area contributed by atoms with E-state index in [4.69, 9.17) is 10.9 Å². The van der Waals surface area contributed by atoms with E-state index >= 15 is 0 Å². The fourth-order valence-corrected chi connectivity index (χ4v) is 1.89. The summed E-state index contributed by atoms with van der Waals surface area (Å²) in [6.07, 6.45) is 2.72. The lowest BCUT2D eigenvalue weighted by molar-refractivity contribution is 0.318. The molecular formula is C13H19N3O. The Morgan fingerprint density at radius 1 is 1.47 bits per heavy atom. The molecule has 2 rings (SSSR count). The van der Waals surface area contributed by atoms with Crippen LogP contribution in [0.25, 0.3) is 0 Å². The molecule has 0 spiro atoms. The molecule has 0 bridgehead atoms. The van der Waals surface area contributed by atoms with Crippen LogP contribution in [0.1, 0.15) is 30.9 Å². The Hall–Kier alpha value is -1.55. The molecule has 0 aliphatic heterocycles. The maximum atomic E-state index is 8.55. The number of nitrogens with zero attached hydrogens (tertiary/aromatic N) is 1. The van der Waals surface area contributed by atoms with E-state index in [0.717, 1.165) is 18.0 Å². The van der Waals surface area contributed by atoms with Crippen LogP contribution in [-0.2, 0) is 6.54 Å². The van der Waals surface area contributed by atoms with E-state index in [1.807, 2.05) is 24.3 Å². The molecule has 0 heterocycles. The summed E-state index contributed by atoms with van der Waals surface area (Å²) in [7, 11) is 0. The highest BCUT2D eigenvalue weighted by atomic mass is 16.4. The second-order valence-electron chi connectivity index (χ2n) is 4.69. The molecule has 4 nitrogen and oxygen atoms in total. The van der Waals surface area contributed by atoms with E-state index in [1.54, 1.807) is 0 Å². The van der Waals surface area contributed by atoms with Crippen LogP contribution in [-0.4, -0.2) is 17.1 Å². The van der Waals surface area contributed by atoms with Gasteiger partial charge in [0, 0.05) is 18.2 Å². The van der Waals surface area contributed by atoms with Gasteiger partial charge in [0.15, 0.2) is 5.84 Å². The summed E-state index contributed by atoms with van der Waals surface area (Å²) < 4.78 is 0. The van der Waals surface area contributed by atoms with Crippen molar-refractivity contribution in [1.29, 1.82) is 0 Å². The van der Waals surface area contributed by atoms with E-state index in [2.05, 4.69) is 17.4 Å². The Balaban J connectivity index is 1.89. The molecule has 4 N–H and O–H groups in total. The minimum atomic E-state index is 0.149. The van der Waals surface area contributed by atoms with Gasteiger partial charge < -0.3 is 16.3 Å². The first-order chi connectivity index (χ1) is 8.20. The quantitative estimate of drug-likeness (QED) is 0.313. The average molecular weight is 233 g/mol. The largest absolute Gasteiger partial charge is 0.409 e. The third-order valence-corrected chi connectivity index (χ3v) is 3.31. The van der Waals surface area contributed by atoms with Crippen molar-refractivity contribution in [2.75, 3.05) is 0 Å². The second kappa shape index (κ2) is 5.19.